The van der Waals surface area contributed by atoms with E-state index in [-0.39, 0.29) is 17.9 Å². The van der Waals surface area contributed by atoms with E-state index in [4.69, 9.17) is 15.7 Å². The summed E-state index contributed by atoms with van der Waals surface area (Å²) < 4.78 is 3.69. The number of amides is 2. The zero-order valence-electron chi connectivity index (χ0n) is 24.4. The number of hydrogen-bond acceptors (Lipinski definition) is 7. The fourth-order valence-corrected chi connectivity index (χ4v) is 5.66. The second-order valence-corrected chi connectivity index (χ2v) is 10.9. The molecule has 1 aliphatic carbocycles. The van der Waals surface area contributed by atoms with Crippen LogP contribution in [0.1, 0.15) is 40.9 Å². The zero-order chi connectivity index (χ0) is 31.1. The highest BCUT2D eigenvalue weighted by Crippen LogP contribution is 2.36. The van der Waals surface area contributed by atoms with Crippen molar-refractivity contribution < 1.29 is 9.59 Å². The van der Waals surface area contributed by atoms with Crippen LogP contribution in [0, 0.1) is 0 Å². The number of fused-ring (bicyclic) bond motifs is 2. The molecule has 11 nitrogen and oxygen atoms in total. The predicted molar refractivity (Wildman–Crippen MR) is 172 cm³/mol. The number of nitrogens with two attached hydrogens (primary N) is 1. The van der Waals surface area contributed by atoms with Crippen LogP contribution >= 0.6 is 0 Å². The van der Waals surface area contributed by atoms with Crippen LogP contribution in [0.4, 0.5) is 11.5 Å². The van der Waals surface area contributed by atoms with Gasteiger partial charge in [-0.3, -0.25) is 14.2 Å². The third-order valence-corrected chi connectivity index (χ3v) is 7.88. The average molecular weight is 596 g/mol. The standard InChI is InChI=1S/C34H29N9O2/c1-20(2)33(44)39-26-9-4-3-7-24(26)34(45)40-27-13-10-21-19-22(11-12-23(21)27)43-31(25-8-5-16-36-30(25)35)38-28-14-15-29(41-32(28)43)42-18-6-17-37-42/h3-9,11-12,14-19,27H,1,10,13H2,2H3,(H2,35,36)(H,39,44)(H,40,45). The Hall–Kier alpha value is -6.10. The second kappa shape index (κ2) is 11.2. The van der Waals surface area contributed by atoms with Gasteiger partial charge in [-0.25, -0.2) is 19.6 Å². The Kier molecular flexibility index (Phi) is 6.89. The van der Waals surface area contributed by atoms with Crippen LogP contribution in [0.2, 0.25) is 0 Å². The topological polar surface area (TPSA) is 146 Å². The number of nitrogen functional groups attached to an aromatic ring is 1. The number of para-hydroxylation sites is 1. The molecule has 6 aromatic rings. The van der Waals surface area contributed by atoms with Crippen molar-refractivity contribution in [1.82, 2.24) is 34.6 Å². The van der Waals surface area contributed by atoms with E-state index in [9.17, 15) is 9.59 Å². The molecule has 2 amide bonds. The first-order valence-electron chi connectivity index (χ1n) is 14.5. The molecule has 11 heteroatoms. The molecule has 0 saturated carbocycles. The van der Waals surface area contributed by atoms with Crippen LogP contribution in [-0.4, -0.2) is 41.1 Å². The van der Waals surface area contributed by atoms with Gasteiger partial charge >= 0.3 is 0 Å². The minimum absolute atomic E-state index is 0.191. The van der Waals surface area contributed by atoms with Crippen molar-refractivity contribution >= 4 is 34.5 Å². The van der Waals surface area contributed by atoms with E-state index < -0.39 is 0 Å². The highest BCUT2D eigenvalue weighted by atomic mass is 16.2. The SMILES string of the molecule is C=C(C)C(=O)Nc1ccccc1C(=O)NC1CCc2cc(-n3c(-c4cccnc4N)nc4ccc(-n5cccn5)nc43)ccc21. The van der Waals surface area contributed by atoms with E-state index >= 15 is 0 Å². The monoisotopic (exact) mass is 595 g/mol. The lowest BCUT2D eigenvalue weighted by Gasteiger charge is -2.17. The van der Waals surface area contributed by atoms with E-state index in [1.165, 1.54) is 0 Å². The van der Waals surface area contributed by atoms with Crippen molar-refractivity contribution in [2.75, 3.05) is 11.1 Å². The first kappa shape index (κ1) is 27.7. The van der Waals surface area contributed by atoms with Crippen LogP contribution in [-0.2, 0) is 11.2 Å². The number of aryl methyl sites for hydroxylation is 1. The van der Waals surface area contributed by atoms with Gasteiger partial charge in [-0.2, -0.15) is 5.10 Å². The van der Waals surface area contributed by atoms with Gasteiger partial charge in [0.15, 0.2) is 17.3 Å². The summed E-state index contributed by atoms with van der Waals surface area (Å²) in [6, 6.07) is 22.3. The number of rotatable bonds is 7. The number of carbonyl (C=O) groups is 2. The Bertz CT molecular complexity index is 2110. The Balaban J connectivity index is 1.25. The molecule has 0 radical (unpaired) electrons. The molecule has 4 aromatic heterocycles. The summed E-state index contributed by atoms with van der Waals surface area (Å²) in [4.78, 5) is 39.8. The summed E-state index contributed by atoms with van der Waals surface area (Å²) in [6.07, 6.45) is 6.70. The number of nitrogens with one attached hydrogen (secondary N) is 2. The van der Waals surface area contributed by atoms with E-state index in [0.29, 0.717) is 51.0 Å². The molecule has 1 unspecified atom stereocenters. The quantitative estimate of drug-likeness (QED) is 0.216. The maximum absolute atomic E-state index is 13.4. The fourth-order valence-electron chi connectivity index (χ4n) is 5.66. The second-order valence-electron chi connectivity index (χ2n) is 10.9. The van der Waals surface area contributed by atoms with E-state index in [2.05, 4.69) is 33.4 Å². The number of imidazole rings is 1. The number of anilines is 2. The molecule has 4 N–H and O–H groups in total. The molecule has 0 fully saturated rings. The van der Waals surface area contributed by atoms with Gasteiger partial charge in [0.1, 0.15) is 11.3 Å². The van der Waals surface area contributed by atoms with Gasteiger partial charge in [0.2, 0.25) is 0 Å². The highest BCUT2D eigenvalue weighted by molar-refractivity contribution is 6.08. The lowest BCUT2D eigenvalue weighted by atomic mass is 10.1. The highest BCUT2D eigenvalue weighted by Gasteiger charge is 2.27. The third kappa shape index (κ3) is 5.10. The van der Waals surface area contributed by atoms with Gasteiger partial charge < -0.3 is 16.4 Å². The van der Waals surface area contributed by atoms with Gasteiger partial charge in [-0.05, 0) is 85.5 Å². The van der Waals surface area contributed by atoms with Crippen molar-refractivity contribution in [3.05, 3.63) is 120 Å². The van der Waals surface area contributed by atoms with Gasteiger partial charge in [0.05, 0.1) is 22.9 Å². The van der Waals surface area contributed by atoms with E-state index in [1.54, 1.807) is 48.3 Å². The molecule has 0 spiro atoms. The molecule has 0 saturated heterocycles. The average Bonchev–Trinajstić information content (AvgIpc) is 3.80. The number of hydrogen-bond donors (Lipinski definition) is 3. The molecule has 4 heterocycles. The van der Waals surface area contributed by atoms with Crippen LogP contribution in [0.25, 0.3) is 34.1 Å². The molecule has 222 valence electrons. The number of aromatic nitrogens is 6. The molecule has 7 rings (SSSR count). The first-order chi connectivity index (χ1) is 21.9. The zero-order valence-corrected chi connectivity index (χ0v) is 24.4. The summed E-state index contributed by atoms with van der Waals surface area (Å²) in [6.45, 7) is 5.31. The molecule has 0 bridgehead atoms. The largest absolute Gasteiger partial charge is 0.383 e. The molecular weight excluding hydrogens is 566 g/mol. The third-order valence-electron chi connectivity index (χ3n) is 7.88. The Morgan fingerprint density at radius 1 is 1.00 bits per heavy atom. The number of pyridine rings is 2. The van der Waals surface area contributed by atoms with E-state index in [0.717, 1.165) is 29.7 Å². The predicted octanol–water partition coefficient (Wildman–Crippen LogP) is 5.18. The van der Waals surface area contributed by atoms with Crippen LogP contribution in [0.3, 0.4) is 0 Å². The van der Waals surface area contributed by atoms with E-state index in [1.807, 2.05) is 53.2 Å². The Morgan fingerprint density at radius 2 is 1.87 bits per heavy atom. The molecular formula is C34H29N9O2. The Morgan fingerprint density at radius 3 is 2.67 bits per heavy atom. The van der Waals surface area contributed by atoms with Crippen molar-refractivity contribution in [1.29, 1.82) is 0 Å². The van der Waals surface area contributed by atoms with Crippen LogP contribution in [0.5, 0.6) is 0 Å². The summed E-state index contributed by atoms with van der Waals surface area (Å²) in [5.74, 6) is 1.05. The molecule has 1 atom stereocenters. The molecule has 0 aliphatic heterocycles. The molecule has 2 aromatic carbocycles. The van der Waals surface area contributed by atoms with Gasteiger partial charge in [-0.1, -0.05) is 24.8 Å². The maximum Gasteiger partial charge on any atom is 0.253 e. The van der Waals surface area contributed by atoms with Gasteiger partial charge in [0.25, 0.3) is 11.8 Å². The van der Waals surface area contributed by atoms with Gasteiger partial charge in [0, 0.05) is 29.9 Å². The summed E-state index contributed by atoms with van der Waals surface area (Å²) in [7, 11) is 0. The number of benzene rings is 2. The smallest absolute Gasteiger partial charge is 0.253 e. The molecule has 45 heavy (non-hydrogen) atoms. The number of nitrogens with zero attached hydrogens (tertiary/aromatic N) is 6. The first-order valence-corrected chi connectivity index (χ1v) is 14.5. The summed E-state index contributed by atoms with van der Waals surface area (Å²) >= 11 is 0. The normalized spacial score (nSPS) is 13.8. The van der Waals surface area contributed by atoms with Crippen molar-refractivity contribution in [3.63, 3.8) is 0 Å². The fraction of sp³-hybridized carbons (Fsp3) is 0.118. The molecule has 1 aliphatic rings. The summed E-state index contributed by atoms with van der Waals surface area (Å²) in [5.41, 5.74) is 12.6. The lowest BCUT2D eigenvalue weighted by Crippen LogP contribution is -2.28. The summed E-state index contributed by atoms with van der Waals surface area (Å²) in [5, 5.41) is 10.3. The van der Waals surface area contributed by atoms with Crippen molar-refractivity contribution in [3.8, 4) is 22.9 Å². The lowest BCUT2D eigenvalue weighted by molar-refractivity contribution is -0.112. The Labute approximate surface area is 258 Å². The minimum Gasteiger partial charge on any atom is -0.383 e. The minimum atomic E-state index is -0.334. The van der Waals surface area contributed by atoms with Crippen molar-refractivity contribution in [2.45, 2.75) is 25.8 Å². The van der Waals surface area contributed by atoms with Crippen molar-refractivity contribution in [2.24, 2.45) is 0 Å². The maximum atomic E-state index is 13.4. The number of carbonyl (C=O) groups excluding carboxylic acids is 2. The van der Waals surface area contributed by atoms with Crippen LogP contribution in [0.15, 0.2) is 104 Å². The van der Waals surface area contributed by atoms with Gasteiger partial charge in [-0.15, -0.1) is 0 Å². The van der Waals surface area contributed by atoms with Crippen LogP contribution < -0.4 is 16.4 Å².